The highest BCUT2D eigenvalue weighted by atomic mass is 16.4. The van der Waals surface area contributed by atoms with E-state index in [0.29, 0.717) is 18.4 Å². The van der Waals surface area contributed by atoms with Gasteiger partial charge in [-0.05, 0) is 43.9 Å². The van der Waals surface area contributed by atoms with Crippen molar-refractivity contribution in [1.29, 1.82) is 0 Å². The van der Waals surface area contributed by atoms with Gasteiger partial charge in [0.25, 0.3) is 0 Å². The lowest BCUT2D eigenvalue weighted by atomic mass is 10.0. The molecule has 1 aliphatic rings. The van der Waals surface area contributed by atoms with Gasteiger partial charge < -0.3 is 37.2 Å². The molecular formula is C22H31N5O7. The first kappa shape index (κ1) is 26.6. The van der Waals surface area contributed by atoms with Crippen LogP contribution in [0, 0.1) is 0 Å². The number of carboxylic acids is 1. The van der Waals surface area contributed by atoms with Crippen LogP contribution in [0.4, 0.5) is 0 Å². The second-order valence-electron chi connectivity index (χ2n) is 8.31. The Bertz CT molecular complexity index is 919. The number of aromatic hydroxyl groups is 1. The van der Waals surface area contributed by atoms with Crippen molar-refractivity contribution in [2.75, 3.05) is 6.54 Å². The Hall–Kier alpha value is -3.67. The van der Waals surface area contributed by atoms with E-state index in [2.05, 4.69) is 10.6 Å². The van der Waals surface area contributed by atoms with Gasteiger partial charge in [-0.15, -0.1) is 0 Å². The van der Waals surface area contributed by atoms with Crippen LogP contribution in [0.5, 0.6) is 5.75 Å². The monoisotopic (exact) mass is 477 g/mol. The third-order valence-corrected chi connectivity index (χ3v) is 5.54. The zero-order valence-corrected chi connectivity index (χ0v) is 18.9. The minimum absolute atomic E-state index is 0.0201. The third kappa shape index (κ3) is 7.44. The zero-order chi connectivity index (χ0) is 25.4. The van der Waals surface area contributed by atoms with Crippen LogP contribution in [-0.2, 0) is 30.4 Å². The van der Waals surface area contributed by atoms with E-state index in [4.69, 9.17) is 11.5 Å². The van der Waals surface area contributed by atoms with Gasteiger partial charge in [-0.25, -0.2) is 4.79 Å². The summed E-state index contributed by atoms with van der Waals surface area (Å²) in [6.45, 7) is 1.67. The summed E-state index contributed by atoms with van der Waals surface area (Å²) < 4.78 is 0. The van der Waals surface area contributed by atoms with Crippen molar-refractivity contribution < 1.29 is 34.2 Å². The Kier molecular flexibility index (Phi) is 9.36. The molecule has 0 saturated carbocycles. The van der Waals surface area contributed by atoms with Crippen molar-refractivity contribution in [3.8, 4) is 5.75 Å². The quantitative estimate of drug-likeness (QED) is 0.223. The Morgan fingerprint density at radius 1 is 1.12 bits per heavy atom. The smallest absolute Gasteiger partial charge is 0.326 e. The molecule has 1 fully saturated rings. The fraction of sp³-hybridized carbons (Fsp3) is 0.500. The molecule has 186 valence electrons. The molecular weight excluding hydrogens is 446 g/mol. The first-order valence-electron chi connectivity index (χ1n) is 11.0. The zero-order valence-electron chi connectivity index (χ0n) is 18.9. The average molecular weight is 478 g/mol. The number of amides is 4. The Morgan fingerprint density at radius 3 is 2.32 bits per heavy atom. The summed E-state index contributed by atoms with van der Waals surface area (Å²) in [7, 11) is 0. The molecule has 0 aliphatic carbocycles. The van der Waals surface area contributed by atoms with Crippen LogP contribution in [-0.4, -0.2) is 75.4 Å². The van der Waals surface area contributed by atoms with Crippen LogP contribution >= 0.6 is 0 Å². The molecule has 0 bridgehead atoms. The number of phenols is 1. The molecule has 1 aliphatic heterocycles. The van der Waals surface area contributed by atoms with Gasteiger partial charge in [0.05, 0.1) is 6.04 Å². The molecule has 4 atom stereocenters. The number of carboxylic acid groups (broad SMARTS) is 1. The normalized spacial score (nSPS) is 17.9. The molecule has 1 aromatic carbocycles. The van der Waals surface area contributed by atoms with Crippen molar-refractivity contribution in [1.82, 2.24) is 15.5 Å². The number of phenolic OH excluding ortho intramolecular Hbond substituents is 1. The fourth-order valence-corrected chi connectivity index (χ4v) is 3.69. The first-order chi connectivity index (χ1) is 16.0. The number of benzene rings is 1. The van der Waals surface area contributed by atoms with Crippen LogP contribution in [0.25, 0.3) is 0 Å². The van der Waals surface area contributed by atoms with Gasteiger partial charge in [0.1, 0.15) is 23.9 Å². The summed E-state index contributed by atoms with van der Waals surface area (Å²) in [6.07, 6.45) is 0.577. The van der Waals surface area contributed by atoms with Crippen LogP contribution < -0.4 is 22.1 Å². The lowest BCUT2D eigenvalue weighted by Gasteiger charge is -2.29. The van der Waals surface area contributed by atoms with Crippen LogP contribution in [0.3, 0.4) is 0 Å². The highest BCUT2D eigenvalue weighted by molar-refractivity contribution is 5.94. The summed E-state index contributed by atoms with van der Waals surface area (Å²) >= 11 is 0. The van der Waals surface area contributed by atoms with Crippen LogP contribution in [0.1, 0.15) is 38.2 Å². The summed E-state index contributed by atoms with van der Waals surface area (Å²) in [5.41, 5.74) is 11.3. The van der Waals surface area contributed by atoms with Crippen molar-refractivity contribution in [3.63, 3.8) is 0 Å². The summed E-state index contributed by atoms with van der Waals surface area (Å²) in [5, 5.41) is 23.9. The average Bonchev–Trinajstić information content (AvgIpc) is 3.26. The molecule has 8 N–H and O–H groups in total. The lowest BCUT2D eigenvalue weighted by Crippen LogP contribution is -2.56. The highest BCUT2D eigenvalue weighted by Crippen LogP contribution is 2.20. The van der Waals surface area contributed by atoms with E-state index >= 15 is 0 Å². The molecule has 2 rings (SSSR count). The van der Waals surface area contributed by atoms with Crippen LogP contribution in [0.15, 0.2) is 24.3 Å². The molecule has 0 aromatic heterocycles. The minimum Gasteiger partial charge on any atom is -0.508 e. The molecule has 4 amide bonds. The van der Waals surface area contributed by atoms with Gasteiger partial charge in [0.2, 0.25) is 23.6 Å². The Labute approximate surface area is 196 Å². The maximum Gasteiger partial charge on any atom is 0.326 e. The molecule has 1 saturated heterocycles. The highest BCUT2D eigenvalue weighted by Gasteiger charge is 2.39. The number of primary amides is 1. The number of hydrogen-bond acceptors (Lipinski definition) is 7. The van der Waals surface area contributed by atoms with E-state index in [1.807, 2.05) is 0 Å². The minimum atomic E-state index is -1.25. The topological polar surface area (TPSA) is 205 Å². The molecule has 0 spiro atoms. The summed E-state index contributed by atoms with van der Waals surface area (Å²) in [6, 6.07) is 1.74. The van der Waals surface area contributed by atoms with Gasteiger partial charge in [0.15, 0.2) is 0 Å². The number of likely N-dealkylation sites (tertiary alicyclic amines) is 1. The van der Waals surface area contributed by atoms with E-state index in [9.17, 15) is 34.2 Å². The standard InChI is InChI=1S/C22H31N5O7/c1-12(23)19(30)25-15(8-9-18(24)29)21(32)27-10-2-3-17(27)20(31)26-16(22(33)34)11-13-4-6-14(28)7-5-13/h4-7,12,15-17,28H,2-3,8-11,23H2,1H3,(H2,24,29)(H,25,30)(H,26,31)(H,33,34). The molecule has 1 heterocycles. The number of nitrogens with two attached hydrogens (primary N) is 2. The van der Waals surface area contributed by atoms with Crippen molar-refractivity contribution in [2.45, 2.75) is 63.2 Å². The van der Waals surface area contributed by atoms with E-state index < -0.39 is 53.8 Å². The molecule has 1 aromatic rings. The maximum atomic E-state index is 13.2. The van der Waals surface area contributed by atoms with E-state index in [-0.39, 0.29) is 31.6 Å². The van der Waals surface area contributed by atoms with Gasteiger partial charge in [-0.3, -0.25) is 19.2 Å². The molecule has 12 nitrogen and oxygen atoms in total. The van der Waals surface area contributed by atoms with Crippen molar-refractivity contribution >= 4 is 29.6 Å². The number of nitrogens with one attached hydrogen (secondary N) is 2. The first-order valence-corrected chi connectivity index (χ1v) is 11.0. The second-order valence-corrected chi connectivity index (χ2v) is 8.31. The van der Waals surface area contributed by atoms with Crippen LogP contribution in [0.2, 0.25) is 0 Å². The second kappa shape index (κ2) is 12.0. The number of carbonyl (C=O) groups is 5. The van der Waals surface area contributed by atoms with Crippen molar-refractivity contribution in [3.05, 3.63) is 29.8 Å². The SMILES string of the molecule is CC(N)C(=O)NC(CCC(N)=O)C(=O)N1CCCC1C(=O)NC(Cc1ccc(O)cc1)C(=O)O. The van der Waals surface area contributed by atoms with Crippen molar-refractivity contribution in [2.24, 2.45) is 11.5 Å². The fourth-order valence-electron chi connectivity index (χ4n) is 3.69. The Balaban J connectivity index is 2.13. The van der Waals surface area contributed by atoms with Gasteiger partial charge in [-0.2, -0.15) is 0 Å². The number of nitrogens with zero attached hydrogens (tertiary/aromatic N) is 1. The Morgan fingerprint density at radius 2 is 1.76 bits per heavy atom. The predicted molar refractivity (Wildman–Crippen MR) is 120 cm³/mol. The number of hydrogen-bond donors (Lipinski definition) is 6. The van der Waals surface area contributed by atoms with E-state index in [1.165, 1.54) is 24.0 Å². The summed E-state index contributed by atoms with van der Waals surface area (Å²) in [4.78, 5) is 62.4. The largest absolute Gasteiger partial charge is 0.508 e. The molecule has 12 heteroatoms. The molecule has 4 unspecified atom stereocenters. The van der Waals surface area contributed by atoms with Gasteiger partial charge >= 0.3 is 5.97 Å². The molecule has 0 radical (unpaired) electrons. The van der Waals surface area contributed by atoms with E-state index in [1.54, 1.807) is 12.1 Å². The number of aliphatic carboxylic acids is 1. The third-order valence-electron chi connectivity index (χ3n) is 5.54. The maximum absolute atomic E-state index is 13.2. The van der Waals surface area contributed by atoms with E-state index in [0.717, 1.165) is 0 Å². The predicted octanol–water partition coefficient (Wildman–Crippen LogP) is -1.41. The lowest BCUT2D eigenvalue weighted by molar-refractivity contribution is -0.145. The van der Waals surface area contributed by atoms with Gasteiger partial charge in [0, 0.05) is 19.4 Å². The number of carbonyl (C=O) groups excluding carboxylic acids is 4. The summed E-state index contributed by atoms with van der Waals surface area (Å²) in [5.74, 6) is -3.67. The van der Waals surface area contributed by atoms with Gasteiger partial charge in [-0.1, -0.05) is 12.1 Å². The number of rotatable bonds is 11. The molecule has 34 heavy (non-hydrogen) atoms.